The fourth-order valence-corrected chi connectivity index (χ4v) is 9.73. The van der Waals surface area contributed by atoms with Gasteiger partial charge >= 0.3 is 6.18 Å². The van der Waals surface area contributed by atoms with Gasteiger partial charge in [-0.2, -0.15) is 13.2 Å². The first-order valence-electron chi connectivity index (χ1n) is 22.9. The highest BCUT2D eigenvalue weighted by molar-refractivity contribution is 6.12. The summed E-state index contributed by atoms with van der Waals surface area (Å²) in [5.74, 6) is 1.04. The Labute approximate surface area is 393 Å². The molecule has 5 nitrogen and oxygen atoms in total. The average Bonchev–Trinajstić information content (AvgIpc) is 3.85. The molecule has 0 unspecified atom stereocenters. The van der Waals surface area contributed by atoms with E-state index in [1.54, 1.807) is 0 Å². The zero-order valence-electron chi connectivity index (χ0n) is 38.7. The Bertz CT molecular complexity index is 3680. The molecule has 0 N–H and O–H groups in total. The zero-order chi connectivity index (χ0) is 47.1. The van der Waals surface area contributed by atoms with Crippen molar-refractivity contribution < 1.29 is 13.2 Å². The topological polar surface area (TPSA) is 48.5 Å². The molecule has 0 fully saturated rings. The molecule has 11 aromatic rings. The minimum absolute atomic E-state index is 0.00771. The maximum atomic E-state index is 16.4. The van der Waals surface area contributed by atoms with Crippen LogP contribution in [0, 0.1) is 0 Å². The Morgan fingerprint density at radius 2 is 0.779 bits per heavy atom. The fourth-order valence-electron chi connectivity index (χ4n) is 9.73. The number of aromatic nitrogens is 5. The normalized spacial score (nSPS) is 12.5. The molecule has 0 saturated heterocycles. The van der Waals surface area contributed by atoms with Crippen molar-refractivity contribution in [2.75, 3.05) is 0 Å². The minimum Gasteiger partial charge on any atom is -0.309 e. The van der Waals surface area contributed by atoms with Crippen LogP contribution in [-0.2, 0) is 17.0 Å². The van der Waals surface area contributed by atoms with Crippen LogP contribution in [0.1, 0.15) is 58.2 Å². The number of nitrogens with zero attached hydrogens (tertiary/aromatic N) is 5. The predicted octanol–water partition coefficient (Wildman–Crippen LogP) is 16.3. The van der Waals surface area contributed by atoms with Crippen molar-refractivity contribution in [1.82, 2.24) is 24.1 Å². The highest BCUT2D eigenvalue weighted by atomic mass is 19.4. The standard InChI is InChI=1S/C60H48F3N5/c1-58(2,3)39-31-33-49-44(35-39)41-23-13-15-27-47(41)67(49)51-29-17-25-43(57-65-55(37-19-9-7-10-20-37)64-56(66-57)38-21-11-8-12-22-38)53(51)54-46(60(61,62)63)26-18-30-52(54)68-48-28-16-14-24-42(48)45-36-40(59(4,5)6)32-34-50(45)68/h7-36H,1-6H3. The second-order valence-corrected chi connectivity index (χ2v) is 19.6. The van der Waals surface area contributed by atoms with E-state index in [2.05, 4.69) is 94.6 Å². The Morgan fingerprint density at radius 3 is 1.25 bits per heavy atom. The molecular weight excluding hydrogens is 848 g/mol. The van der Waals surface area contributed by atoms with Gasteiger partial charge in [0.15, 0.2) is 17.5 Å². The van der Waals surface area contributed by atoms with E-state index in [4.69, 9.17) is 15.0 Å². The van der Waals surface area contributed by atoms with E-state index in [-0.39, 0.29) is 22.2 Å². The summed E-state index contributed by atoms with van der Waals surface area (Å²) in [6, 6.07) is 58.4. The molecule has 0 bridgehead atoms. The summed E-state index contributed by atoms with van der Waals surface area (Å²) < 4.78 is 53.2. The van der Waals surface area contributed by atoms with E-state index in [1.807, 2.05) is 126 Å². The highest BCUT2D eigenvalue weighted by Gasteiger charge is 2.38. The van der Waals surface area contributed by atoms with Crippen LogP contribution < -0.4 is 0 Å². The molecule has 0 aliphatic heterocycles. The Hall–Kier alpha value is -7.84. The molecule has 0 aliphatic carbocycles. The van der Waals surface area contributed by atoms with Gasteiger partial charge in [0, 0.05) is 49.4 Å². The molecule has 334 valence electrons. The summed E-state index contributed by atoms with van der Waals surface area (Å²) in [5.41, 5.74) is 7.68. The van der Waals surface area contributed by atoms with E-state index in [1.165, 1.54) is 12.1 Å². The quantitative estimate of drug-likeness (QED) is 0.167. The Kier molecular flexibility index (Phi) is 10.0. The molecule has 8 heteroatoms. The maximum Gasteiger partial charge on any atom is 0.417 e. The number of fused-ring (bicyclic) bond motifs is 6. The summed E-state index contributed by atoms with van der Waals surface area (Å²) in [4.78, 5) is 15.3. The molecular formula is C60H48F3N5. The smallest absolute Gasteiger partial charge is 0.309 e. The van der Waals surface area contributed by atoms with Gasteiger partial charge in [-0.25, -0.2) is 15.0 Å². The second kappa shape index (κ2) is 15.9. The van der Waals surface area contributed by atoms with Crippen LogP contribution in [0.5, 0.6) is 0 Å². The van der Waals surface area contributed by atoms with Crippen LogP contribution in [0.15, 0.2) is 182 Å². The van der Waals surface area contributed by atoms with Crippen molar-refractivity contribution in [2.24, 2.45) is 0 Å². The maximum absolute atomic E-state index is 16.4. The number of para-hydroxylation sites is 2. The molecule has 3 heterocycles. The van der Waals surface area contributed by atoms with Crippen molar-refractivity contribution in [3.8, 4) is 56.7 Å². The number of alkyl halides is 3. The summed E-state index contributed by atoms with van der Waals surface area (Å²) in [7, 11) is 0. The number of halogens is 3. The molecule has 11 rings (SSSR count). The van der Waals surface area contributed by atoms with Gasteiger partial charge in [-0.15, -0.1) is 0 Å². The summed E-state index contributed by atoms with van der Waals surface area (Å²) in [5, 5.41) is 3.90. The lowest BCUT2D eigenvalue weighted by Gasteiger charge is -2.25. The largest absolute Gasteiger partial charge is 0.417 e. The van der Waals surface area contributed by atoms with Crippen LogP contribution in [0.4, 0.5) is 13.2 Å². The summed E-state index contributed by atoms with van der Waals surface area (Å²) in [6.07, 6.45) is -4.78. The van der Waals surface area contributed by atoms with Crippen LogP contribution in [0.25, 0.3) is 100 Å². The van der Waals surface area contributed by atoms with Crippen LogP contribution in [0.3, 0.4) is 0 Å². The molecule has 3 aromatic heterocycles. The molecule has 0 aliphatic rings. The first-order chi connectivity index (χ1) is 32.6. The van der Waals surface area contributed by atoms with Gasteiger partial charge in [-0.05, 0) is 76.6 Å². The molecule has 0 spiro atoms. The molecule has 0 atom stereocenters. The molecule has 0 radical (unpaired) electrons. The molecule has 0 saturated carbocycles. The second-order valence-electron chi connectivity index (χ2n) is 19.6. The van der Waals surface area contributed by atoms with Crippen LogP contribution in [-0.4, -0.2) is 24.1 Å². The minimum atomic E-state index is -4.78. The van der Waals surface area contributed by atoms with Gasteiger partial charge in [-0.1, -0.05) is 169 Å². The van der Waals surface area contributed by atoms with E-state index in [0.29, 0.717) is 34.2 Å². The van der Waals surface area contributed by atoms with Crippen molar-refractivity contribution in [3.63, 3.8) is 0 Å². The van der Waals surface area contributed by atoms with Crippen molar-refractivity contribution in [3.05, 3.63) is 199 Å². The van der Waals surface area contributed by atoms with Crippen molar-refractivity contribution in [2.45, 2.75) is 58.5 Å². The number of hydrogen-bond donors (Lipinski definition) is 0. The first kappa shape index (κ1) is 42.8. The lowest BCUT2D eigenvalue weighted by molar-refractivity contribution is -0.137. The van der Waals surface area contributed by atoms with Crippen LogP contribution in [0.2, 0.25) is 0 Å². The van der Waals surface area contributed by atoms with Gasteiger partial charge in [0.2, 0.25) is 0 Å². The van der Waals surface area contributed by atoms with E-state index in [0.717, 1.165) is 65.9 Å². The van der Waals surface area contributed by atoms with Gasteiger partial charge in [0.25, 0.3) is 0 Å². The van der Waals surface area contributed by atoms with E-state index >= 15 is 13.2 Å². The van der Waals surface area contributed by atoms with Gasteiger partial charge in [0.05, 0.1) is 39.0 Å². The summed E-state index contributed by atoms with van der Waals surface area (Å²) in [6.45, 7) is 13.1. The molecule has 0 amide bonds. The van der Waals surface area contributed by atoms with Gasteiger partial charge in [0.1, 0.15) is 0 Å². The lowest BCUT2D eigenvalue weighted by atomic mass is 9.86. The van der Waals surface area contributed by atoms with Crippen LogP contribution >= 0.6 is 0 Å². The Balaban J connectivity index is 1.33. The number of hydrogen-bond acceptors (Lipinski definition) is 3. The average molecular weight is 896 g/mol. The monoisotopic (exact) mass is 895 g/mol. The lowest BCUT2D eigenvalue weighted by Crippen LogP contribution is -2.13. The molecule has 68 heavy (non-hydrogen) atoms. The SMILES string of the molecule is CC(C)(C)c1ccc2c(c1)c1ccccc1n2-c1cccc(-c2nc(-c3ccccc3)nc(-c3ccccc3)n2)c1-c1c(-n2c3ccccc3c3cc(C(C)(C)C)ccc32)cccc1C(F)(F)F. The van der Waals surface area contributed by atoms with Crippen molar-refractivity contribution in [1.29, 1.82) is 0 Å². The van der Waals surface area contributed by atoms with Gasteiger partial charge < -0.3 is 9.13 Å². The predicted molar refractivity (Wildman–Crippen MR) is 273 cm³/mol. The fraction of sp³-hybridized carbons (Fsp3) is 0.150. The number of benzene rings is 8. The number of rotatable bonds is 6. The first-order valence-corrected chi connectivity index (χ1v) is 22.9. The third-order valence-electron chi connectivity index (χ3n) is 13.1. The summed E-state index contributed by atoms with van der Waals surface area (Å²) >= 11 is 0. The van der Waals surface area contributed by atoms with Gasteiger partial charge in [-0.3, -0.25) is 0 Å². The zero-order valence-corrected chi connectivity index (χ0v) is 38.7. The third kappa shape index (κ3) is 7.23. The van der Waals surface area contributed by atoms with Crippen molar-refractivity contribution >= 4 is 43.6 Å². The highest BCUT2D eigenvalue weighted by Crippen LogP contribution is 2.49. The van der Waals surface area contributed by atoms with E-state index < -0.39 is 11.7 Å². The Morgan fingerprint density at radius 1 is 0.368 bits per heavy atom. The van der Waals surface area contributed by atoms with E-state index in [9.17, 15) is 0 Å². The third-order valence-corrected chi connectivity index (χ3v) is 13.1. The molecule has 8 aromatic carbocycles.